The minimum Gasteiger partial charge on any atom is -0.343 e. The van der Waals surface area contributed by atoms with Crippen LogP contribution < -0.4 is 10.6 Å². The Balaban J connectivity index is 2.52. The number of rotatable bonds is 0. The number of carbonyl (C=O) groups is 2. The quantitative estimate of drug-likeness (QED) is 0.730. The number of nitrogens with one attached hydrogen (secondary N) is 2. The van der Waals surface area contributed by atoms with Gasteiger partial charge >= 0.3 is 0 Å². The van der Waals surface area contributed by atoms with Gasteiger partial charge in [0, 0.05) is 4.47 Å². The molecule has 2 rings (SSSR count). The van der Waals surface area contributed by atoms with E-state index in [4.69, 9.17) is 0 Å². The van der Waals surface area contributed by atoms with Crippen molar-refractivity contribution in [2.24, 2.45) is 0 Å². The molecule has 1 aliphatic rings. The van der Waals surface area contributed by atoms with Crippen LogP contribution in [0.1, 0.15) is 10.4 Å². The van der Waals surface area contributed by atoms with E-state index in [1.807, 2.05) is 0 Å². The van der Waals surface area contributed by atoms with Crippen molar-refractivity contribution < 1.29 is 9.59 Å². The first kappa shape index (κ1) is 9.21. The summed E-state index contributed by atoms with van der Waals surface area (Å²) in [6.45, 7) is 0.0190. The molecular weight excluding hydrogens is 248 g/mol. The fourth-order valence-electron chi connectivity index (χ4n) is 1.26. The van der Waals surface area contributed by atoms with E-state index >= 15 is 0 Å². The second-order valence-electron chi connectivity index (χ2n) is 2.92. The molecule has 0 aliphatic carbocycles. The van der Waals surface area contributed by atoms with E-state index in [2.05, 4.69) is 26.6 Å². The van der Waals surface area contributed by atoms with Crippen LogP contribution in [-0.4, -0.2) is 18.4 Å². The molecule has 2 amide bonds. The highest BCUT2D eigenvalue weighted by Gasteiger charge is 2.18. The van der Waals surface area contributed by atoms with E-state index in [0.717, 1.165) is 4.47 Å². The molecule has 0 saturated carbocycles. The fraction of sp³-hybridized carbons (Fsp3) is 0.111. The molecule has 14 heavy (non-hydrogen) atoms. The molecular formula is C9H7BrN2O2. The maximum absolute atomic E-state index is 11.5. The highest BCUT2D eigenvalue weighted by atomic mass is 79.9. The molecule has 0 radical (unpaired) electrons. The van der Waals surface area contributed by atoms with E-state index in [1.54, 1.807) is 18.2 Å². The van der Waals surface area contributed by atoms with Crippen molar-refractivity contribution >= 4 is 33.4 Å². The highest BCUT2D eigenvalue weighted by Crippen LogP contribution is 2.22. The van der Waals surface area contributed by atoms with E-state index in [9.17, 15) is 9.59 Å². The number of carbonyl (C=O) groups excluding carboxylic acids is 2. The monoisotopic (exact) mass is 254 g/mol. The largest absolute Gasteiger partial charge is 0.343 e. The standard InChI is InChI=1S/C9H7BrN2O2/c10-5-1-2-7-6(3-5)9(14)11-4-8(13)12-7/h1-3H,4H2,(H,11,14)(H,12,13). The molecule has 1 heterocycles. The summed E-state index contributed by atoms with van der Waals surface area (Å²) in [6.07, 6.45) is 0. The van der Waals surface area contributed by atoms with Gasteiger partial charge in [0.15, 0.2) is 0 Å². The Hall–Kier alpha value is -1.36. The topological polar surface area (TPSA) is 58.2 Å². The normalized spacial score (nSPS) is 15.2. The maximum Gasteiger partial charge on any atom is 0.253 e. The number of benzene rings is 1. The van der Waals surface area contributed by atoms with Crippen LogP contribution >= 0.6 is 15.9 Å². The number of halogens is 1. The summed E-state index contributed by atoms with van der Waals surface area (Å²) in [7, 11) is 0. The van der Waals surface area contributed by atoms with Gasteiger partial charge in [-0.15, -0.1) is 0 Å². The van der Waals surface area contributed by atoms with Crippen molar-refractivity contribution in [2.45, 2.75) is 0 Å². The summed E-state index contributed by atoms with van der Waals surface area (Å²) in [6, 6.07) is 5.15. The second-order valence-corrected chi connectivity index (χ2v) is 3.84. The van der Waals surface area contributed by atoms with Gasteiger partial charge in [0.2, 0.25) is 5.91 Å². The molecule has 72 valence electrons. The lowest BCUT2D eigenvalue weighted by atomic mass is 10.1. The first-order chi connectivity index (χ1) is 6.66. The molecule has 0 aromatic heterocycles. The summed E-state index contributed by atoms with van der Waals surface area (Å²) in [4.78, 5) is 22.6. The van der Waals surface area contributed by atoms with Crippen molar-refractivity contribution in [3.63, 3.8) is 0 Å². The predicted octanol–water partition coefficient (Wildman–Crippen LogP) is 1.13. The predicted molar refractivity (Wildman–Crippen MR) is 55.1 cm³/mol. The fourth-order valence-corrected chi connectivity index (χ4v) is 1.62. The molecule has 1 aliphatic heterocycles. The minimum atomic E-state index is -0.236. The summed E-state index contributed by atoms with van der Waals surface area (Å²) >= 11 is 3.27. The van der Waals surface area contributed by atoms with Crippen LogP contribution in [0.3, 0.4) is 0 Å². The van der Waals surface area contributed by atoms with Crippen LogP contribution in [0.5, 0.6) is 0 Å². The van der Waals surface area contributed by atoms with Gasteiger partial charge < -0.3 is 10.6 Å². The first-order valence-electron chi connectivity index (χ1n) is 4.04. The Bertz CT molecular complexity index is 417. The molecule has 0 saturated heterocycles. The van der Waals surface area contributed by atoms with Gasteiger partial charge in [0.05, 0.1) is 17.8 Å². The van der Waals surface area contributed by atoms with Crippen LogP contribution in [-0.2, 0) is 4.79 Å². The van der Waals surface area contributed by atoms with Crippen LogP contribution in [0.2, 0.25) is 0 Å². The SMILES string of the molecule is O=C1CNC(=O)c2cc(Br)ccc2N1. The Labute approximate surface area is 88.8 Å². The number of hydrogen-bond acceptors (Lipinski definition) is 2. The van der Waals surface area contributed by atoms with E-state index < -0.39 is 0 Å². The van der Waals surface area contributed by atoms with Crippen LogP contribution in [0.4, 0.5) is 5.69 Å². The van der Waals surface area contributed by atoms with E-state index in [0.29, 0.717) is 11.3 Å². The first-order valence-corrected chi connectivity index (χ1v) is 4.84. The molecule has 0 bridgehead atoms. The van der Waals surface area contributed by atoms with Gasteiger partial charge in [-0.3, -0.25) is 9.59 Å². The third-order valence-corrected chi connectivity index (χ3v) is 2.40. The van der Waals surface area contributed by atoms with Crippen molar-refractivity contribution in [2.75, 3.05) is 11.9 Å². The Morgan fingerprint density at radius 1 is 1.29 bits per heavy atom. The molecule has 4 nitrogen and oxygen atoms in total. The van der Waals surface area contributed by atoms with Gasteiger partial charge in [-0.25, -0.2) is 0 Å². The van der Waals surface area contributed by atoms with Gasteiger partial charge in [0.1, 0.15) is 0 Å². The van der Waals surface area contributed by atoms with Crippen molar-refractivity contribution in [1.82, 2.24) is 5.32 Å². The molecule has 1 aromatic carbocycles. The molecule has 0 atom stereocenters. The molecule has 2 N–H and O–H groups in total. The molecule has 0 unspecified atom stereocenters. The van der Waals surface area contributed by atoms with Crippen molar-refractivity contribution in [3.8, 4) is 0 Å². The summed E-state index contributed by atoms with van der Waals surface area (Å²) in [5, 5.41) is 5.14. The third-order valence-electron chi connectivity index (χ3n) is 1.91. The van der Waals surface area contributed by atoms with Crippen LogP contribution in [0, 0.1) is 0 Å². The Morgan fingerprint density at radius 2 is 2.07 bits per heavy atom. The average Bonchev–Trinajstić information content (AvgIpc) is 2.29. The smallest absolute Gasteiger partial charge is 0.253 e. The molecule has 1 aromatic rings. The van der Waals surface area contributed by atoms with Gasteiger partial charge in [0.25, 0.3) is 5.91 Å². The number of amides is 2. The van der Waals surface area contributed by atoms with Gasteiger partial charge in [-0.05, 0) is 18.2 Å². The number of hydrogen-bond donors (Lipinski definition) is 2. The van der Waals surface area contributed by atoms with Crippen LogP contribution in [0.15, 0.2) is 22.7 Å². The van der Waals surface area contributed by atoms with Gasteiger partial charge in [-0.1, -0.05) is 15.9 Å². The third kappa shape index (κ3) is 1.63. The van der Waals surface area contributed by atoms with Crippen molar-refractivity contribution in [1.29, 1.82) is 0 Å². The van der Waals surface area contributed by atoms with E-state index in [-0.39, 0.29) is 18.4 Å². The zero-order valence-electron chi connectivity index (χ0n) is 7.13. The lowest BCUT2D eigenvalue weighted by Gasteiger charge is -2.04. The minimum absolute atomic E-state index is 0.0190. The van der Waals surface area contributed by atoms with Crippen LogP contribution in [0.25, 0.3) is 0 Å². The Kier molecular flexibility index (Phi) is 2.25. The lowest BCUT2D eigenvalue weighted by molar-refractivity contribution is -0.115. The second kappa shape index (κ2) is 3.42. The number of fused-ring (bicyclic) bond motifs is 1. The lowest BCUT2D eigenvalue weighted by Crippen LogP contribution is -2.28. The summed E-state index contributed by atoms with van der Waals surface area (Å²) < 4.78 is 0.808. The average molecular weight is 255 g/mol. The molecule has 0 spiro atoms. The zero-order valence-corrected chi connectivity index (χ0v) is 8.72. The maximum atomic E-state index is 11.5. The number of anilines is 1. The zero-order chi connectivity index (χ0) is 10.1. The molecule has 5 heteroatoms. The van der Waals surface area contributed by atoms with E-state index in [1.165, 1.54) is 0 Å². The molecule has 0 fully saturated rings. The summed E-state index contributed by atoms with van der Waals surface area (Å²) in [5.41, 5.74) is 1.03. The summed E-state index contributed by atoms with van der Waals surface area (Å²) in [5.74, 6) is -0.445. The van der Waals surface area contributed by atoms with Gasteiger partial charge in [-0.2, -0.15) is 0 Å². The highest BCUT2D eigenvalue weighted by molar-refractivity contribution is 9.10. The Morgan fingerprint density at radius 3 is 2.86 bits per heavy atom. The van der Waals surface area contributed by atoms with Crippen molar-refractivity contribution in [3.05, 3.63) is 28.2 Å².